The fourth-order valence-corrected chi connectivity index (χ4v) is 3.79. The molecule has 0 unspecified atom stereocenters. The fourth-order valence-electron chi connectivity index (χ4n) is 2.78. The van der Waals surface area contributed by atoms with Gasteiger partial charge in [-0.2, -0.15) is 0 Å². The molecule has 1 aromatic heterocycles. The molecule has 28 heavy (non-hydrogen) atoms. The molecule has 3 rings (SSSR count). The predicted octanol–water partition coefficient (Wildman–Crippen LogP) is 3.04. The van der Waals surface area contributed by atoms with E-state index < -0.39 is 18.5 Å². The Kier molecular flexibility index (Phi) is 5.90. The van der Waals surface area contributed by atoms with Crippen molar-refractivity contribution in [1.29, 1.82) is 0 Å². The maximum Gasteiger partial charge on any atom is 0.349 e. The van der Waals surface area contributed by atoms with Crippen molar-refractivity contribution in [3.05, 3.63) is 64.5 Å². The Hall–Kier alpha value is -3.39. The largest absolute Gasteiger partial charge is 0.479 e. The predicted molar refractivity (Wildman–Crippen MR) is 104 cm³/mol. The van der Waals surface area contributed by atoms with Gasteiger partial charge in [0.2, 0.25) is 0 Å². The van der Waals surface area contributed by atoms with Crippen LogP contribution in [0.25, 0.3) is 10.1 Å². The average molecular weight is 399 g/mol. The van der Waals surface area contributed by atoms with E-state index in [0.717, 1.165) is 16.9 Å². The molecule has 8 heteroatoms. The van der Waals surface area contributed by atoms with Crippen molar-refractivity contribution in [3.8, 4) is 5.75 Å². The van der Waals surface area contributed by atoms with Crippen molar-refractivity contribution < 1.29 is 29.3 Å². The maximum absolute atomic E-state index is 12.7. The molecule has 0 atom stereocenters. The molecule has 0 saturated carbocycles. The highest BCUT2D eigenvalue weighted by atomic mass is 32.1. The number of aromatic carboxylic acids is 1. The molecule has 0 fully saturated rings. The minimum absolute atomic E-state index is 0.0938. The summed E-state index contributed by atoms with van der Waals surface area (Å²) in [5, 5.41) is 21.4. The number of benzene rings is 2. The third-order valence-corrected chi connectivity index (χ3v) is 5.12. The number of amides is 1. The number of hydrogen-bond donors (Lipinski definition) is 3. The molecule has 0 bridgehead atoms. The zero-order valence-corrected chi connectivity index (χ0v) is 15.5. The number of rotatable bonds is 8. The standard InChI is InChI=1S/C20H17NO6S/c22-15(23)11-27-17-16-13(7-4-8-14(16)28-18(17)20(25)26)19(24)21-10-9-12-5-2-1-3-6-12/h1-8H,9-11H2,(H,21,24)(H,22,23)(H,25,26). The summed E-state index contributed by atoms with van der Waals surface area (Å²) >= 11 is 0.938. The number of fused-ring (bicyclic) bond motifs is 1. The summed E-state index contributed by atoms with van der Waals surface area (Å²) in [6.07, 6.45) is 0.648. The normalized spacial score (nSPS) is 10.6. The van der Waals surface area contributed by atoms with E-state index >= 15 is 0 Å². The SMILES string of the molecule is O=C(O)COc1c(C(=O)O)sc2cccc(C(=O)NCCc3ccccc3)c12. The van der Waals surface area contributed by atoms with Gasteiger partial charge in [-0.05, 0) is 24.1 Å². The Morgan fingerprint density at radius 2 is 1.75 bits per heavy atom. The van der Waals surface area contributed by atoms with Crippen LogP contribution >= 0.6 is 11.3 Å². The van der Waals surface area contributed by atoms with Gasteiger partial charge in [-0.1, -0.05) is 36.4 Å². The molecule has 7 nitrogen and oxygen atoms in total. The molecule has 3 N–H and O–H groups in total. The fraction of sp³-hybridized carbons (Fsp3) is 0.150. The van der Waals surface area contributed by atoms with Gasteiger partial charge in [0.05, 0.1) is 5.56 Å². The van der Waals surface area contributed by atoms with Crippen LogP contribution in [-0.2, 0) is 11.2 Å². The van der Waals surface area contributed by atoms with Crippen molar-refractivity contribution >= 4 is 39.3 Å². The third-order valence-electron chi connectivity index (χ3n) is 3.99. The first-order valence-corrected chi connectivity index (χ1v) is 9.24. The number of carbonyl (C=O) groups is 3. The van der Waals surface area contributed by atoms with E-state index in [1.807, 2.05) is 30.3 Å². The number of nitrogens with one attached hydrogen (secondary N) is 1. The first kappa shape index (κ1) is 19.4. The monoisotopic (exact) mass is 399 g/mol. The van der Waals surface area contributed by atoms with E-state index in [1.54, 1.807) is 18.2 Å². The molecule has 2 aromatic carbocycles. The Labute approximate surface area is 164 Å². The van der Waals surface area contributed by atoms with Crippen LogP contribution in [0.3, 0.4) is 0 Å². The van der Waals surface area contributed by atoms with E-state index in [9.17, 15) is 19.5 Å². The van der Waals surface area contributed by atoms with Gasteiger partial charge in [0.15, 0.2) is 17.2 Å². The molecular weight excluding hydrogens is 382 g/mol. The summed E-state index contributed by atoms with van der Waals surface area (Å²) < 4.78 is 5.76. The van der Waals surface area contributed by atoms with Crippen molar-refractivity contribution in [1.82, 2.24) is 5.32 Å². The van der Waals surface area contributed by atoms with Crippen LogP contribution in [0.15, 0.2) is 48.5 Å². The summed E-state index contributed by atoms with van der Waals surface area (Å²) in [4.78, 5) is 34.9. The maximum atomic E-state index is 12.7. The zero-order chi connectivity index (χ0) is 20.1. The Morgan fingerprint density at radius 1 is 1.00 bits per heavy atom. The summed E-state index contributed by atoms with van der Waals surface area (Å²) in [7, 11) is 0. The number of ether oxygens (including phenoxy) is 1. The Balaban J connectivity index is 1.88. The van der Waals surface area contributed by atoms with Crippen molar-refractivity contribution in [2.45, 2.75) is 6.42 Å². The van der Waals surface area contributed by atoms with E-state index in [2.05, 4.69) is 5.32 Å². The summed E-state index contributed by atoms with van der Waals surface area (Å²) in [6.45, 7) is -0.295. The summed E-state index contributed by atoms with van der Waals surface area (Å²) in [6, 6.07) is 14.6. The molecule has 0 aliphatic carbocycles. The number of carbonyl (C=O) groups excluding carboxylic acids is 1. The zero-order valence-electron chi connectivity index (χ0n) is 14.7. The molecule has 144 valence electrons. The van der Waals surface area contributed by atoms with E-state index in [0.29, 0.717) is 23.1 Å². The third kappa shape index (κ3) is 4.29. The highest BCUT2D eigenvalue weighted by Gasteiger charge is 2.24. The number of aliphatic carboxylic acids is 1. The van der Waals surface area contributed by atoms with E-state index in [4.69, 9.17) is 9.84 Å². The lowest BCUT2D eigenvalue weighted by molar-refractivity contribution is -0.139. The number of carboxylic acid groups (broad SMARTS) is 2. The van der Waals surface area contributed by atoms with Crippen LogP contribution in [0.5, 0.6) is 5.75 Å². The minimum atomic E-state index is -1.24. The van der Waals surface area contributed by atoms with Crippen LogP contribution in [0.1, 0.15) is 25.6 Å². The number of hydrogen-bond acceptors (Lipinski definition) is 5. The van der Waals surface area contributed by atoms with Crippen LogP contribution in [0.2, 0.25) is 0 Å². The molecule has 1 heterocycles. The van der Waals surface area contributed by atoms with Gasteiger partial charge in [0.1, 0.15) is 0 Å². The second-order valence-electron chi connectivity index (χ2n) is 5.92. The van der Waals surface area contributed by atoms with Crippen LogP contribution < -0.4 is 10.1 Å². The summed E-state index contributed by atoms with van der Waals surface area (Å²) in [5.74, 6) is -2.95. The highest BCUT2D eigenvalue weighted by Crippen LogP contribution is 2.40. The average Bonchev–Trinajstić information content (AvgIpc) is 3.06. The van der Waals surface area contributed by atoms with Crippen molar-refractivity contribution in [2.75, 3.05) is 13.2 Å². The number of thiophene rings is 1. The van der Waals surface area contributed by atoms with Gasteiger partial charge in [0, 0.05) is 16.6 Å². The Morgan fingerprint density at radius 3 is 2.43 bits per heavy atom. The molecule has 0 saturated heterocycles. The number of carboxylic acids is 2. The smallest absolute Gasteiger partial charge is 0.349 e. The molecule has 0 radical (unpaired) electrons. The van der Waals surface area contributed by atoms with Gasteiger partial charge < -0.3 is 20.3 Å². The van der Waals surface area contributed by atoms with Gasteiger partial charge in [-0.25, -0.2) is 9.59 Å². The molecule has 0 spiro atoms. The van der Waals surface area contributed by atoms with Gasteiger partial charge >= 0.3 is 11.9 Å². The van der Waals surface area contributed by atoms with Gasteiger partial charge in [0.25, 0.3) is 5.91 Å². The summed E-state index contributed by atoms with van der Waals surface area (Å²) in [5.41, 5.74) is 1.32. The molecular formula is C20H17NO6S. The van der Waals surface area contributed by atoms with Crippen molar-refractivity contribution in [2.24, 2.45) is 0 Å². The lowest BCUT2D eigenvalue weighted by atomic mass is 10.1. The molecule has 1 amide bonds. The van der Waals surface area contributed by atoms with Crippen LogP contribution in [0, 0.1) is 0 Å². The van der Waals surface area contributed by atoms with Crippen LogP contribution in [-0.4, -0.2) is 41.2 Å². The lowest BCUT2D eigenvalue weighted by Crippen LogP contribution is -2.26. The van der Waals surface area contributed by atoms with E-state index in [1.165, 1.54) is 0 Å². The molecule has 3 aromatic rings. The van der Waals surface area contributed by atoms with Gasteiger partial charge in [-0.15, -0.1) is 11.3 Å². The molecule has 0 aliphatic rings. The topological polar surface area (TPSA) is 113 Å². The van der Waals surface area contributed by atoms with Crippen molar-refractivity contribution in [3.63, 3.8) is 0 Å². The second kappa shape index (κ2) is 8.53. The van der Waals surface area contributed by atoms with E-state index in [-0.39, 0.29) is 22.1 Å². The first-order valence-electron chi connectivity index (χ1n) is 8.43. The van der Waals surface area contributed by atoms with Gasteiger partial charge in [-0.3, -0.25) is 4.79 Å². The minimum Gasteiger partial charge on any atom is -0.479 e. The first-order chi connectivity index (χ1) is 13.5. The van der Waals surface area contributed by atoms with Crippen LogP contribution in [0.4, 0.5) is 0 Å². The highest BCUT2D eigenvalue weighted by molar-refractivity contribution is 7.21. The quantitative estimate of drug-likeness (QED) is 0.537. The second-order valence-corrected chi connectivity index (χ2v) is 6.97. The Bertz CT molecular complexity index is 1030. The molecule has 0 aliphatic heterocycles. The lowest BCUT2D eigenvalue weighted by Gasteiger charge is -2.09.